The fraction of sp³-hybridized carbons (Fsp3) is 0.0588. The first kappa shape index (κ1) is 13.6. The van der Waals surface area contributed by atoms with Crippen LogP contribution in [0.4, 0.5) is 5.69 Å². The molecule has 3 rings (SSSR count). The van der Waals surface area contributed by atoms with Gasteiger partial charge in [0, 0.05) is 11.1 Å². The average Bonchev–Trinajstić information content (AvgIpc) is 2.49. The highest BCUT2D eigenvalue weighted by Crippen LogP contribution is 2.23. The number of carbonyl (C=O) groups is 1. The molecule has 1 amide bonds. The van der Waals surface area contributed by atoms with Crippen LogP contribution in [-0.4, -0.2) is 10.9 Å². The van der Waals surface area contributed by atoms with Gasteiger partial charge in [-0.05, 0) is 30.0 Å². The van der Waals surface area contributed by atoms with Crippen molar-refractivity contribution in [2.75, 3.05) is 5.32 Å². The van der Waals surface area contributed by atoms with Crippen LogP contribution in [-0.2, 0) is 0 Å². The Morgan fingerprint density at radius 1 is 1.10 bits per heavy atom. The number of anilines is 1. The van der Waals surface area contributed by atoms with Crippen molar-refractivity contribution in [3.63, 3.8) is 0 Å². The number of aromatic nitrogens is 1. The van der Waals surface area contributed by atoms with Crippen LogP contribution in [0.3, 0.4) is 0 Å². The number of para-hydroxylation sites is 1. The summed E-state index contributed by atoms with van der Waals surface area (Å²) in [7, 11) is 0. The maximum Gasteiger partial charge on any atom is 0.274 e. The molecule has 1 aromatic heterocycles. The Kier molecular flexibility index (Phi) is 3.59. The van der Waals surface area contributed by atoms with Gasteiger partial charge in [0.1, 0.15) is 10.8 Å². The minimum atomic E-state index is -0.267. The lowest BCUT2D eigenvalue weighted by Crippen LogP contribution is -2.14. The molecule has 1 heterocycles. The number of fused-ring (bicyclic) bond motifs is 1. The van der Waals surface area contributed by atoms with Crippen molar-refractivity contribution in [2.24, 2.45) is 0 Å². The topological polar surface area (TPSA) is 42.0 Å². The molecule has 0 saturated carbocycles. The van der Waals surface area contributed by atoms with E-state index in [1.165, 1.54) is 0 Å². The highest BCUT2D eigenvalue weighted by atomic mass is 35.5. The number of amides is 1. The number of nitrogens with zero attached hydrogens (tertiary/aromatic N) is 1. The Balaban J connectivity index is 1.97. The van der Waals surface area contributed by atoms with E-state index >= 15 is 0 Å². The smallest absolute Gasteiger partial charge is 0.274 e. The number of pyridine rings is 1. The Morgan fingerprint density at radius 2 is 1.81 bits per heavy atom. The molecular formula is C17H13ClN2O. The van der Waals surface area contributed by atoms with Gasteiger partial charge in [0.05, 0.1) is 0 Å². The largest absolute Gasteiger partial charge is 0.320 e. The van der Waals surface area contributed by atoms with Gasteiger partial charge in [-0.3, -0.25) is 4.79 Å². The van der Waals surface area contributed by atoms with Crippen LogP contribution in [0.25, 0.3) is 10.8 Å². The molecular weight excluding hydrogens is 284 g/mol. The molecule has 21 heavy (non-hydrogen) atoms. The first-order valence-electron chi connectivity index (χ1n) is 6.57. The minimum Gasteiger partial charge on any atom is -0.320 e. The highest BCUT2D eigenvalue weighted by molar-refractivity contribution is 6.34. The molecule has 0 atom stereocenters. The van der Waals surface area contributed by atoms with Gasteiger partial charge in [-0.25, -0.2) is 4.98 Å². The normalized spacial score (nSPS) is 10.6. The second-order valence-electron chi connectivity index (χ2n) is 4.79. The van der Waals surface area contributed by atoms with E-state index in [4.69, 9.17) is 11.6 Å². The number of aryl methyl sites for hydroxylation is 1. The Hall–Kier alpha value is -2.39. The number of nitrogens with one attached hydrogen (secondary N) is 1. The van der Waals surface area contributed by atoms with Gasteiger partial charge in [0.25, 0.3) is 5.91 Å². The van der Waals surface area contributed by atoms with E-state index in [0.29, 0.717) is 10.8 Å². The molecule has 0 spiro atoms. The molecule has 1 N–H and O–H groups in total. The van der Waals surface area contributed by atoms with Crippen molar-refractivity contribution >= 4 is 34.0 Å². The van der Waals surface area contributed by atoms with Crippen LogP contribution in [0.2, 0.25) is 5.15 Å². The van der Waals surface area contributed by atoms with E-state index in [1.807, 2.05) is 55.5 Å². The molecule has 0 unspecified atom stereocenters. The van der Waals surface area contributed by atoms with Crippen molar-refractivity contribution in [3.8, 4) is 0 Å². The fourth-order valence-corrected chi connectivity index (χ4v) is 2.44. The van der Waals surface area contributed by atoms with Crippen LogP contribution in [0.1, 0.15) is 16.1 Å². The first-order chi connectivity index (χ1) is 10.1. The molecule has 104 valence electrons. The van der Waals surface area contributed by atoms with Crippen LogP contribution < -0.4 is 5.32 Å². The van der Waals surface area contributed by atoms with Gasteiger partial charge in [-0.15, -0.1) is 0 Å². The molecule has 0 fully saturated rings. The minimum absolute atomic E-state index is 0.267. The molecule has 3 aromatic rings. The molecule has 0 saturated heterocycles. The van der Waals surface area contributed by atoms with E-state index in [-0.39, 0.29) is 5.91 Å². The van der Waals surface area contributed by atoms with Crippen molar-refractivity contribution in [2.45, 2.75) is 6.92 Å². The number of benzene rings is 2. The maximum absolute atomic E-state index is 12.3. The summed E-state index contributed by atoms with van der Waals surface area (Å²) in [6.07, 6.45) is 0. The molecule has 2 aromatic carbocycles. The molecule has 3 nitrogen and oxygen atoms in total. The summed E-state index contributed by atoms with van der Waals surface area (Å²) >= 11 is 6.15. The van der Waals surface area contributed by atoms with Crippen molar-refractivity contribution in [1.82, 2.24) is 4.98 Å². The van der Waals surface area contributed by atoms with Gasteiger partial charge in [0.15, 0.2) is 0 Å². The summed E-state index contributed by atoms with van der Waals surface area (Å²) in [6, 6.07) is 16.9. The summed E-state index contributed by atoms with van der Waals surface area (Å²) in [5.74, 6) is -0.267. The van der Waals surface area contributed by atoms with Gasteiger partial charge >= 0.3 is 0 Å². The summed E-state index contributed by atoms with van der Waals surface area (Å²) < 4.78 is 0. The standard InChI is InChI=1S/C17H13ClN2O/c1-11-6-2-5-9-14(11)20-17(21)15-10-12-7-3-4-8-13(12)16(18)19-15/h2-10H,1H3,(H,20,21). The number of carbonyl (C=O) groups excluding carboxylic acids is 1. The second-order valence-corrected chi connectivity index (χ2v) is 5.15. The molecule has 4 heteroatoms. The van der Waals surface area contributed by atoms with E-state index in [9.17, 15) is 4.79 Å². The molecule has 0 aliphatic rings. The lowest BCUT2D eigenvalue weighted by Gasteiger charge is -2.09. The van der Waals surface area contributed by atoms with Gasteiger partial charge < -0.3 is 5.32 Å². The third-order valence-corrected chi connectivity index (χ3v) is 3.61. The summed E-state index contributed by atoms with van der Waals surface area (Å²) in [4.78, 5) is 16.5. The molecule has 0 bridgehead atoms. The number of hydrogen-bond acceptors (Lipinski definition) is 2. The summed E-state index contributed by atoms with van der Waals surface area (Å²) in [6.45, 7) is 1.94. The Morgan fingerprint density at radius 3 is 2.62 bits per heavy atom. The molecule has 0 radical (unpaired) electrons. The van der Waals surface area contributed by atoms with Crippen LogP contribution >= 0.6 is 11.6 Å². The lowest BCUT2D eigenvalue weighted by molar-refractivity contribution is 0.102. The zero-order valence-corrected chi connectivity index (χ0v) is 12.2. The third kappa shape index (κ3) is 2.73. The van der Waals surface area contributed by atoms with Gasteiger partial charge in [0.2, 0.25) is 0 Å². The van der Waals surface area contributed by atoms with Crippen molar-refractivity contribution in [1.29, 1.82) is 0 Å². The number of halogens is 1. The Labute approximate surface area is 127 Å². The predicted molar refractivity (Wildman–Crippen MR) is 85.9 cm³/mol. The lowest BCUT2D eigenvalue weighted by atomic mass is 10.1. The average molecular weight is 297 g/mol. The zero-order valence-electron chi connectivity index (χ0n) is 11.4. The monoisotopic (exact) mass is 296 g/mol. The predicted octanol–water partition coefficient (Wildman–Crippen LogP) is 4.45. The van der Waals surface area contributed by atoms with Crippen molar-refractivity contribution in [3.05, 3.63) is 71.0 Å². The van der Waals surface area contributed by atoms with Crippen LogP contribution in [0, 0.1) is 6.92 Å². The fourth-order valence-electron chi connectivity index (χ4n) is 2.17. The summed E-state index contributed by atoms with van der Waals surface area (Å²) in [5.41, 5.74) is 2.08. The number of rotatable bonds is 2. The Bertz CT molecular complexity index is 830. The maximum atomic E-state index is 12.3. The first-order valence-corrected chi connectivity index (χ1v) is 6.95. The molecule has 0 aliphatic heterocycles. The van der Waals surface area contributed by atoms with Gasteiger partial charge in [-0.2, -0.15) is 0 Å². The van der Waals surface area contributed by atoms with E-state index < -0.39 is 0 Å². The van der Waals surface area contributed by atoms with Gasteiger partial charge in [-0.1, -0.05) is 54.1 Å². The van der Waals surface area contributed by atoms with Crippen LogP contribution in [0.5, 0.6) is 0 Å². The second kappa shape index (κ2) is 5.54. The number of hydrogen-bond donors (Lipinski definition) is 1. The highest BCUT2D eigenvalue weighted by Gasteiger charge is 2.12. The van der Waals surface area contributed by atoms with E-state index in [2.05, 4.69) is 10.3 Å². The zero-order chi connectivity index (χ0) is 14.8. The van der Waals surface area contributed by atoms with Crippen molar-refractivity contribution < 1.29 is 4.79 Å². The molecule has 0 aliphatic carbocycles. The summed E-state index contributed by atoms with van der Waals surface area (Å²) in [5, 5.41) is 4.93. The third-order valence-electron chi connectivity index (χ3n) is 3.32. The quantitative estimate of drug-likeness (QED) is 0.710. The van der Waals surface area contributed by atoms with E-state index in [0.717, 1.165) is 22.0 Å². The van der Waals surface area contributed by atoms with E-state index in [1.54, 1.807) is 6.07 Å². The van der Waals surface area contributed by atoms with Crippen LogP contribution in [0.15, 0.2) is 54.6 Å². The SMILES string of the molecule is Cc1ccccc1NC(=O)c1cc2ccccc2c(Cl)n1.